The molecular weight excluding hydrogens is 483 g/mol. The molecule has 0 amide bonds. The molecule has 3 aromatic rings. The molecule has 6 nitrogen and oxygen atoms in total. The maximum absolute atomic E-state index is 4.70. The molecule has 3 heterocycles. The van der Waals surface area contributed by atoms with Crippen LogP contribution in [0.2, 0.25) is 0 Å². The van der Waals surface area contributed by atoms with Gasteiger partial charge >= 0.3 is 0 Å². The van der Waals surface area contributed by atoms with Crippen molar-refractivity contribution in [3.05, 3.63) is 65.0 Å². The summed E-state index contributed by atoms with van der Waals surface area (Å²) in [5.74, 6) is 1.67. The second kappa shape index (κ2) is 10.6. The number of hydrogen-bond acceptors (Lipinski definition) is 4. The Bertz CT molecular complexity index is 841. The minimum absolute atomic E-state index is 0. The zero-order valence-electron chi connectivity index (χ0n) is 16.4. The first kappa shape index (κ1) is 22.4. The van der Waals surface area contributed by atoms with Gasteiger partial charge in [0, 0.05) is 42.0 Å². The Kier molecular flexibility index (Phi) is 8.43. The Hall–Kier alpha value is -1.94. The summed E-state index contributed by atoms with van der Waals surface area (Å²) in [6.07, 6.45) is 7.22. The summed E-state index contributed by atoms with van der Waals surface area (Å²) in [6.45, 7) is 8.78. The highest BCUT2D eigenvalue weighted by molar-refractivity contribution is 14.0. The van der Waals surface area contributed by atoms with Crippen molar-refractivity contribution in [3.8, 4) is 5.82 Å². The van der Waals surface area contributed by atoms with E-state index >= 15 is 0 Å². The first-order chi connectivity index (χ1) is 13.1. The number of nitrogens with zero attached hydrogens (tertiary/aromatic N) is 4. The molecule has 0 aliphatic carbocycles. The molecule has 0 aliphatic rings. The molecular formula is C20H27IN6S. The van der Waals surface area contributed by atoms with E-state index in [1.807, 2.05) is 29.1 Å². The van der Waals surface area contributed by atoms with Crippen LogP contribution in [0.25, 0.3) is 5.82 Å². The van der Waals surface area contributed by atoms with Gasteiger partial charge in [-0.1, -0.05) is 26.0 Å². The number of aromatic nitrogens is 3. The van der Waals surface area contributed by atoms with E-state index in [2.05, 4.69) is 58.9 Å². The third kappa shape index (κ3) is 6.03. The monoisotopic (exact) mass is 510 g/mol. The topological polar surface area (TPSA) is 67.1 Å². The maximum Gasteiger partial charge on any atom is 0.191 e. The number of guanidine groups is 1. The minimum atomic E-state index is 0. The summed E-state index contributed by atoms with van der Waals surface area (Å²) in [5.41, 5.74) is 1.12. The van der Waals surface area contributed by atoms with Crippen LogP contribution in [-0.4, -0.2) is 33.6 Å². The van der Waals surface area contributed by atoms with Gasteiger partial charge in [-0.25, -0.2) is 15.0 Å². The first-order valence-electron chi connectivity index (χ1n) is 9.08. The van der Waals surface area contributed by atoms with Crippen LogP contribution in [0.1, 0.15) is 31.2 Å². The van der Waals surface area contributed by atoms with Crippen LogP contribution < -0.4 is 10.6 Å². The van der Waals surface area contributed by atoms with E-state index in [0.717, 1.165) is 30.4 Å². The van der Waals surface area contributed by atoms with Crippen LogP contribution in [0.3, 0.4) is 0 Å². The van der Waals surface area contributed by atoms with Crippen LogP contribution in [0.4, 0.5) is 0 Å². The van der Waals surface area contributed by atoms with Crippen molar-refractivity contribution in [1.29, 1.82) is 0 Å². The molecule has 3 aromatic heterocycles. The fraction of sp³-hybridized carbons (Fsp3) is 0.350. The predicted octanol–water partition coefficient (Wildman–Crippen LogP) is 3.98. The van der Waals surface area contributed by atoms with Gasteiger partial charge in [-0.05, 0) is 30.0 Å². The molecule has 8 heteroatoms. The summed E-state index contributed by atoms with van der Waals surface area (Å²) >= 11 is 1.79. The van der Waals surface area contributed by atoms with Gasteiger partial charge in [0.2, 0.25) is 0 Å². The summed E-state index contributed by atoms with van der Waals surface area (Å²) in [6, 6.07) is 8.31. The molecule has 0 aliphatic heterocycles. The van der Waals surface area contributed by atoms with Gasteiger partial charge in [-0.15, -0.1) is 35.3 Å². The highest BCUT2D eigenvalue weighted by Gasteiger charge is 2.21. The zero-order chi connectivity index (χ0) is 19.1. The third-order valence-corrected chi connectivity index (χ3v) is 5.46. The van der Waals surface area contributed by atoms with Gasteiger partial charge in [0.1, 0.15) is 12.1 Å². The van der Waals surface area contributed by atoms with Gasteiger partial charge in [0.25, 0.3) is 0 Å². The van der Waals surface area contributed by atoms with E-state index in [1.54, 1.807) is 23.9 Å². The average Bonchev–Trinajstić information content (AvgIpc) is 3.39. The molecule has 0 radical (unpaired) electrons. The van der Waals surface area contributed by atoms with Crippen LogP contribution >= 0.6 is 35.3 Å². The number of thiophene rings is 1. The Labute approximate surface area is 187 Å². The molecule has 150 valence electrons. The van der Waals surface area contributed by atoms with Gasteiger partial charge in [-0.3, -0.25) is 4.57 Å². The molecule has 0 atom stereocenters. The number of halogens is 1. The van der Waals surface area contributed by atoms with Crippen LogP contribution in [0.5, 0.6) is 0 Å². The molecule has 0 fully saturated rings. The molecule has 28 heavy (non-hydrogen) atoms. The van der Waals surface area contributed by atoms with E-state index in [4.69, 9.17) is 4.99 Å². The van der Waals surface area contributed by atoms with E-state index in [1.165, 1.54) is 4.88 Å². The summed E-state index contributed by atoms with van der Waals surface area (Å²) in [7, 11) is 0. The second-order valence-electron chi connectivity index (χ2n) is 6.90. The maximum atomic E-state index is 4.70. The number of imidazole rings is 1. The van der Waals surface area contributed by atoms with Gasteiger partial charge in [-0.2, -0.15) is 0 Å². The molecule has 0 unspecified atom stereocenters. The van der Waals surface area contributed by atoms with Crippen molar-refractivity contribution < 1.29 is 0 Å². The van der Waals surface area contributed by atoms with Crippen molar-refractivity contribution >= 4 is 41.3 Å². The van der Waals surface area contributed by atoms with Crippen LogP contribution in [0.15, 0.2) is 59.6 Å². The Morgan fingerprint density at radius 1 is 1.25 bits per heavy atom. The summed E-state index contributed by atoms with van der Waals surface area (Å²) in [4.78, 5) is 14.6. The number of rotatable bonds is 7. The molecule has 0 saturated heterocycles. The fourth-order valence-electron chi connectivity index (χ4n) is 2.63. The van der Waals surface area contributed by atoms with Crippen LogP contribution in [-0.2, 0) is 12.0 Å². The second-order valence-corrected chi connectivity index (χ2v) is 7.85. The molecule has 0 bridgehead atoms. The normalized spacial score (nSPS) is 11.8. The number of hydrogen-bond donors (Lipinski definition) is 2. The van der Waals surface area contributed by atoms with E-state index in [9.17, 15) is 0 Å². The molecule has 0 aromatic carbocycles. The molecule has 2 N–H and O–H groups in total. The largest absolute Gasteiger partial charge is 0.357 e. The highest BCUT2D eigenvalue weighted by Crippen LogP contribution is 2.26. The first-order valence-corrected chi connectivity index (χ1v) is 9.96. The van der Waals surface area contributed by atoms with Crippen molar-refractivity contribution in [1.82, 2.24) is 25.2 Å². The molecule has 3 rings (SSSR count). The van der Waals surface area contributed by atoms with Gasteiger partial charge in [0.15, 0.2) is 5.96 Å². The Morgan fingerprint density at radius 3 is 2.71 bits per heavy atom. The lowest BCUT2D eigenvalue weighted by Gasteiger charge is -2.25. The Balaban J connectivity index is 0.00000280. The van der Waals surface area contributed by atoms with Crippen molar-refractivity contribution in [2.24, 2.45) is 4.99 Å². The van der Waals surface area contributed by atoms with Gasteiger partial charge in [0.05, 0.1) is 6.54 Å². The predicted molar refractivity (Wildman–Crippen MR) is 127 cm³/mol. The summed E-state index contributed by atoms with van der Waals surface area (Å²) < 4.78 is 1.88. The third-order valence-electron chi connectivity index (χ3n) is 4.23. The van der Waals surface area contributed by atoms with E-state index in [0.29, 0.717) is 6.54 Å². The number of pyridine rings is 1. The zero-order valence-corrected chi connectivity index (χ0v) is 19.6. The number of aliphatic imine (C=N–C) groups is 1. The lowest BCUT2D eigenvalue weighted by atomic mass is 9.91. The van der Waals surface area contributed by atoms with E-state index in [-0.39, 0.29) is 29.4 Å². The summed E-state index contributed by atoms with van der Waals surface area (Å²) in [5, 5.41) is 8.90. The van der Waals surface area contributed by atoms with Crippen molar-refractivity contribution in [3.63, 3.8) is 0 Å². The van der Waals surface area contributed by atoms with Crippen molar-refractivity contribution in [2.45, 2.75) is 32.7 Å². The smallest absolute Gasteiger partial charge is 0.191 e. The average molecular weight is 510 g/mol. The molecule has 0 saturated carbocycles. The highest BCUT2D eigenvalue weighted by atomic mass is 127. The molecule has 0 spiro atoms. The standard InChI is InChI=1S/C20H26N6S.HI/c1-4-22-19(25-14-20(2,3)17-6-5-11-27-17)24-13-16-7-8-18(23-12-16)26-10-9-21-15-26;/h5-12,15H,4,13-14H2,1-3H3,(H2,22,24,25);1H. The van der Waals surface area contributed by atoms with E-state index < -0.39 is 0 Å². The number of nitrogens with one attached hydrogen (secondary N) is 2. The fourth-order valence-corrected chi connectivity index (χ4v) is 3.48. The Morgan fingerprint density at radius 2 is 2.11 bits per heavy atom. The minimum Gasteiger partial charge on any atom is -0.357 e. The lowest BCUT2D eigenvalue weighted by molar-refractivity contribution is 0.518. The van der Waals surface area contributed by atoms with Gasteiger partial charge < -0.3 is 10.6 Å². The SMILES string of the molecule is CCNC(=NCc1ccc(-n2ccnc2)nc1)NCC(C)(C)c1cccs1.I. The van der Waals surface area contributed by atoms with Crippen molar-refractivity contribution in [2.75, 3.05) is 13.1 Å². The quantitative estimate of drug-likeness (QED) is 0.287. The van der Waals surface area contributed by atoms with Crippen LogP contribution in [0, 0.1) is 0 Å². The lowest BCUT2D eigenvalue weighted by Crippen LogP contribution is -2.43.